The van der Waals surface area contributed by atoms with Gasteiger partial charge in [-0.25, -0.2) is 4.79 Å². The Hall–Kier alpha value is -1.03. The van der Waals surface area contributed by atoms with Crippen molar-refractivity contribution in [3.05, 3.63) is 28.2 Å². The Morgan fingerprint density at radius 2 is 2.00 bits per heavy atom. The number of ether oxygens (including phenoxy) is 1. The maximum Gasteiger partial charge on any atom is 0.345 e. The average molecular weight is 343 g/mol. The minimum Gasteiger partial charge on any atom is -0.478 e. The number of carboxylic acid groups (broad SMARTS) is 1. The smallest absolute Gasteiger partial charge is 0.345 e. The summed E-state index contributed by atoms with van der Waals surface area (Å²) in [4.78, 5) is 11.2. The van der Waals surface area contributed by atoms with Crippen molar-refractivity contribution in [3.63, 3.8) is 0 Å². The molecule has 1 rings (SSSR count). The van der Waals surface area contributed by atoms with Crippen molar-refractivity contribution in [1.82, 2.24) is 0 Å². The summed E-state index contributed by atoms with van der Waals surface area (Å²) in [7, 11) is 0. The van der Waals surface area contributed by atoms with E-state index in [1.165, 1.54) is 5.56 Å². The summed E-state index contributed by atoms with van der Waals surface area (Å²) in [5, 5.41) is 9.18. The van der Waals surface area contributed by atoms with Crippen molar-refractivity contribution in [1.29, 1.82) is 0 Å². The Morgan fingerprint density at radius 3 is 2.40 bits per heavy atom. The maximum absolute atomic E-state index is 11.2. The summed E-state index contributed by atoms with van der Waals surface area (Å²) < 4.78 is 6.42. The van der Waals surface area contributed by atoms with Crippen molar-refractivity contribution in [2.24, 2.45) is 5.92 Å². The fraction of sp³-hybridized carbons (Fsp3) is 0.562. The zero-order valence-corrected chi connectivity index (χ0v) is 14.3. The minimum absolute atomic E-state index is 0.0886. The Labute approximate surface area is 129 Å². The van der Waals surface area contributed by atoms with E-state index in [-0.39, 0.29) is 11.3 Å². The Balaban J connectivity index is 3.02. The molecule has 1 N–H and O–H groups in total. The molecule has 0 saturated heterocycles. The van der Waals surface area contributed by atoms with Gasteiger partial charge in [0.05, 0.1) is 4.47 Å². The first-order valence-electron chi connectivity index (χ1n) is 6.88. The quantitative estimate of drug-likeness (QED) is 0.819. The normalized spacial score (nSPS) is 13.3. The molecule has 0 aliphatic carbocycles. The van der Waals surface area contributed by atoms with E-state index >= 15 is 0 Å². The second-order valence-corrected chi connectivity index (χ2v) is 6.86. The maximum atomic E-state index is 11.2. The molecule has 0 fully saturated rings. The molecule has 3 nitrogen and oxygen atoms in total. The fourth-order valence-electron chi connectivity index (χ4n) is 1.83. The Bertz CT molecular complexity index is 481. The van der Waals surface area contributed by atoms with Gasteiger partial charge in [0.2, 0.25) is 0 Å². The molecule has 1 aromatic carbocycles. The van der Waals surface area contributed by atoms with Gasteiger partial charge in [-0.2, -0.15) is 0 Å². The van der Waals surface area contributed by atoms with Crippen LogP contribution < -0.4 is 4.74 Å². The SMILES string of the molecule is CCC(C)(C)c1ccc(OC(C(=O)O)C(C)C)c(Br)c1. The van der Waals surface area contributed by atoms with E-state index in [0.29, 0.717) is 5.75 Å². The molecule has 20 heavy (non-hydrogen) atoms. The predicted molar refractivity (Wildman–Crippen MR) is 84.3 cm³/mol. The molecular weight excluding hydrogens is 320 g/mol. The lowest BCUT2D eigenvalue weighted by Gasteiger charge is -2.25. The standard InChI is InChI=1S/C16H23BrO3/c1-6-16(4,5)11-7-8-13(12(17)9-11)20-14(10(2)3)15(18)19/h7-10,14H,6H2,1-5H3,(H,18,19). The van der Waals surface area contributed by atoms with E-state index in [2.05, 4.69) is 36.7 Å². The van der Waals surface area contributed by atoms with Crippen LogP contribution in [-0.2, 0) is 10.2 Å². The molecule has 0 aliphatic rings. The van der Waals surface area contributed by atoms with Crippen LogP contribution in [-0.4, -0.2) is 17.2 Å². The summed E-state index contributed by atoms with van der Waals surface area (Å²) in [5.74, 6) is -0.460. The van der Waals surface area contributed by atoms with Gasteiger partial charge in [-0.15, -0.1) is 0 Å². The van der Waals surface area contributed by atoms with Crippen molar-refractivity contribution in [3.8, 4) is 5.75 Å². The van der Waals surface area contributed by atoms with E-state index in [4.69, 9.17) is 4.74 Å². The highest BCUT2D eigenvalue weighted by Crippen LogP contribution is 2.34. The Morgan fingerprint density at radius 1 is 1.40 bits per heavy atom. The van der Waals surface area contributed by atoms with Crippen LogP contribution >= 0.6 is 15.9 Å². The van der Waals surface area contributed by atoms with E-state index in [1.54, 1.807) is 0 Å². The van der Waals surface area contributed by atoms with E-state index < -0.39 is 12.1 Å². The molecule has 0 amide bonds. The molecule has 4 heteroatoms. The number of rotatable bonds is 6. The highest BCUT2D eigenvalue weighted by atomic mass is 79.9. The van der Waals surface area contributed by atoms with Crippen LogP contribution in [0.2, 0.25) is 0 Å². The van der Waals surface area contributed by atoms with E-state index in [9.17, 15) is 9.90 Å². The number of hydrogen-bond donors (Lipinski definition) is 1. The lowest BCUT2D eigenvalue weighted by molar-refractivity contribution is -0.147. The van der Waals surface area contributed by atoms with Gasteiger partial charge in [-0.3, -0.25) is 0 Å². The van der Waals surface area contributed by atoms with E-state index in [0.717, 1.165) is 10.9 Å². The van der Waals surface area contributed by atoms with Crippen molar-refractivity contribution in [2.75, 3.05) is 0 Å². The van der Waals surface area contributed by atoms with Crippen molar-refractivity contribution >= 4 is 21.9 Å². The van der Waals surface area contributed by atoms with Gasteiger partial charge in [-0.05, 0) is 45.5 Å². The van der Waals surface area contributed by atoms with Gasteiger partial charge < -0.3 is 9.84 Å². The first-order valence-corrected chi connectivity index (χ1v) is 7.67. The molecule has 1 atom stereocenters. The summed E-state index contributed by atoms with van der Waals surface area (Å²) in [6.45, 7) is 10.2. The third-order valence-corrected chi connectivity index (χ3v) is 4.32. The van der Waals surface area contributed by atoms with Crippen LogP contribution in [0.4, 0.5) is 0 Å². The molecule has 0 spiro atoms. The molecule has 0 aromatic heterocycles. The molecule has 0 radical (unpaired) electrons. The third kappa shape index (κ3) is 3.98. The van der Waals surface area contributed by atoms with Crippen LogP contribution in [0.5, 0.6) is 5.75 Å². The van der Waals surface area contributed by atoms with Crippen molar-refractivity contribution in [2.45, 2.75) is 52.6 Å². The van der Waals surface area contributed by atoms with Crippen molar-refractivity contribution < 1.29 is 14.6 Å². The van der Waals surface area contributed by atoms with Crippen LogP contribution in [0.1, 0.15) is 46.6 Å². The molecule has 0 heterocycles. The second kappa shape index (κ2) is 6.61. The molecule has 1 unspecified atom stereocenters. The number of hydrogen-bond acceptors (Lipinski definition) is 2. The second-order valence-electron chi connectivity index (χ2n) is 6.00. The minimum atomic E-state index is -0.940. The summed E-state index contributed by atoms with van der Waals surface area (Å²) in [6.07, 6.45) is 0.194. The van der Waals surface area contributed by atoms with Crippen LogP contribution in [0.25, 0.3) is 0 Å². The van der Waals surface area contributed by atoms with Crippen LogP contribution in [0.15, 0.2) is 22.7 Å². The van der Waals surface area contributed by atoms with Gasteiger partial charge >= 0.3 is 5.97 Å². The third-order valence-electron chi connectivity index (χ3n) is 3.70. The van der Waals surface area contributed by atoms with E-state index in [1.807, 2.05) is 32.0 Å². The molecule has 0 bridgehead atoms. The number of halogens is 1. The number of aliphatic carboxylic acids is 1. The zero-order valence-electron chi connectivity index (χ0n) is 12.7. The molecule has 112 valence electrons. The van der Waals surface area contributed by atoms with Gasteiger partial charge in [-0.1, -0.05) is 40.7 Å². The molecular formula is C16H23BrO3. The predicted octanol–water partition coefficient (Wildman–Crippen LogP) is 4.62. The Kier molecular flexibility index (Phi) is 5.63. The summed E-state index contributed by atoms with van der Waals surface area (Å²) >= 11 is 3.48. The van der Waals surface area contributed by atoms with Crippen LogP contribution in [0, 0.1) is 5.92 Å². The van der Waals surface area contributed by atoms with Gasteiger partial charge in [0.15, 0.2) is 6.10 Å². The van der Waals surface area contributed by atoms with Gasteiger partial charge in [0.1, 0.15) is 5.75 Å². The monoisotopic (exact) mass is 342 g/mol. The fourth-order valence-corrected chi connectivity index (χ4v) is 2.30. The average Bonchev–Trinajstić information content (AvgIpc) is 2.36. The summed E-state index contributed by atoms with van der Waals surface area (Å²) in [5.41, 5.74) is 1.29. The highest BCUT2D eigenvalue weighted by molar-refractivity contribution is 9.10. The number of benzene rings is 1. The lowest BCUT2D eigenvalue weighted by Crippen LogP contribution is -2.32. The highest BCUT2D eigenvalue weighted by Gasteiger charge is 2.25. The molecule has 0 aliphatic heterocycles. The van der Waals surface area contributed by atoms with Gasteiger partial charge in [0, 0.05) is 5.92 Å². The number of carboxylic acids is 1. The molecule has 0 saturated carbocycles. The lowest BCUT2D eigenvalue weighted by atomic mass is 9.82. The van der Waals surface area contributed by atoms with Crippen LogP contribution in [0.3, 0.4) is 0 Å². The number of carbonyl (C=O) groups is 1. The van der Waals surface area contributed by atoms with Gasteiger partial charge in [0.25, 0.3) is 0 Å². The molecule has 1 aromatic rings. The largest absolute Gasteiger partial charge is 0.478 e. The summed E-state index contributed by atoms with van der Waals surface area (Å²) in [6, 6.07) is 5.86. The first kappa shape index (κ1) is 17.0. The zero-order chi connectivity index (χ0) is 15.5. The topological polar surface area (TPSA) is 46.5 Å². The first-order chi connectivity index (χ1) is 9.19.